The number of imide groups is 1. The smallest absolute Gasteiger partial charge is 0.329 e. The maximum atomic E-state index is 16.6. The van der Waals surface area contributed by atoms with Crippen molar-refractivity contribution in [1.29, 1.82) is 0 Å². The second-order valence-corrected chi connectivity index (χ2v) is 21.8. The molecule has 380 valence electrons. The summed E-state index contributed by atoms with van der Waals surface area (Å²) in [4.78, 5) is 44.2. The van der Waals surface area contributed by atoms with Crippen LogP contribution in [0.5, 0.6) is 11.5 Å². The number of halogens is 3. The number of aliphatic hydroxyl groups is 1. The average Bonchev–Trinajstić information content (AvgIpc) is 4.11. The third kappa shape index (κ3) is 8.50. The lowest BCUT2D eigenvalue weighted by Gasteiger charge is -2.43. The van der Waals surface area contributed by atoms with Crippen molar-refractivity contribution < 1.29 is 37.7 Å². The van der Waals surface area contributed by atoms with Crippen molar-refractivity contribution in [3.8, 4) is 22.6 Å². The lowest BCUT2D eigenvalue weighted by atomic mass is 9.77. The highest BCUT2D eigenvalue weighted by atomic mass is 35.5. The van der Waals surface area contributed by atoms with Crippen molar-refractivity contribution in [2.24, 2.45) is 18.2 Å². The molecule has 17 heteroatoms. The van der Waals surface area contributed by atoms with Crippen molar-refractivity contribution in [2.75, 3.05) is 63.9 Å². The molecule has 4 aromatic carbocycles. The Labute approximate surface area is 423 Å². The number of anilines is 1. The Kier molecular flexibility index (Phi) is 12.8. The van der Waals surface area contributed by atoms with Crippen molar-refractivity contribution in [2.45, 2.75) is 100 Å². The zero-order valence-corrected chi connectivity index (χ0v) is 41.7. The number of carbonyl (C=O) groups excluding carboxylic acids is 3. The van der Waals surface area contributed by atoms with Crippen molar-refractivity contribution in [3.63, 3.8) is 0 Å². The zero-order valence-electron chi connectivity index (χ0n) is 41.0. The Bertz CT molecular complexity index is 2930. The van der Waals surface area contributed by atoms with Crippen LogP contribution in [0.2, 0.25) is 5.02 Å². The number of rotatable bonds is 14. The SMILES string of the molecule is CC1c2c(cc(F)c(Cl)c2-c2c(C(N)=O)ccc(OCCO)c2F)OC1(CNC12CCC(CN3CCC(N4CCC(c5ccc6c(N7CCC(=O)NC7=O)nn(C)c6c5)CC4)CC3)(CC1)C2)c1ccccc1. The number of aromatic nitrogens is 2. The molecule has 2 saturated carbocycles. The topological polar surface area (TPSA) is 168 Å². The normalized spacial score (nSPS) is 26.1. The van der Waals surface area contributed by atoms with E-state index in [-0.39, 0.29) is 69.7 Å². The van der Waals surface area contributed by atoms with Crippen LogP contribution < -0.4 is 30.7 Å². The summed E-state index contributed by atoms with van der Waals surface area (Å²) in [6, 6.07) is 20.4. The maximum absolute atomic E-state index is 16.6. The van der Waals surface area contributed by atoms with Crippen LogP contribution in [0, 0.1) is 17.0 Å². The van der Waals surface area contributed by atoms with Gasteiger partial charge in [-0.25, -0.2) is 13.6 Å². The van der Waals surface area contributed by atoms with E-state index in [1.54, 1.807) is 4.90 Å². The fourth-order valence-electron chi connectivity index (χ4n) is 13.6. The molecule has 14 nitrogen and oxygen atoms in total. The summed E-state index contributed by atoms with van der Waals surface area (Å²) >= 11 is 6.79. The van der Waals surface area contributed by atoms with E-state index < -0.39 is 35.1 Å². The number of piperidine rings is 2. The number of likely N-dealkylation sites (tertiary alicyclic amines) is 2. The van der Waals surface area contributed by atoms with Crippen LogP contribution in [0.25, 0.3) is 22.0 Å². The first kappa shape index (κ1) is 48.6. The van der Waals surface area contributed by atoms with Crippen LogP contribution in [-0.4, -0.2) is 113 Å². The number of ether oxygens (including phenoxy) is 2. The molecule has 6 aliphatic rings. The predicted molar refractivity (Wildman–Crippen MR) is 271 cm³/mol. The molecule has 5 fully saturated rings. The van der Waals surface area contributed by atoms with Gasteiger partial charge in [0.25, 0.3) is 0 Å². The van der Waals surface area contributed by atoms with E-state index in [4.69, 9.17) is 26.8 Å². The Morgan fingerprint density at radius 2 is 1.72 bits per heavy atom. The Morgan fingerprint density at radius 1 is 0.972 bits per heavy atom. The number of fused-ring (bicyclic) bond motifs is 4. The highest BCUT2D eigenvalue weighted by molar-refractivity contribution is 6.34. The van der Waals surface area contributed by atoms with Gasteiger partial charge in [0.05, 0.1) is 22.7 Å². The Morgan fingerprint density at radius 3 is 2.43 bits per heavy atom. The number of aliphatic hydroxyl groups excluding tert-OH is 1. The number of nitrogens with zero attached hydrogens (tertiary/aromatic N) is 5. The number of amides is 4. The minimum atomic E-state index is -1.04. The molecule has 72 heavy (non-hydrogen) atoms. The van der Waals surface area contributed by atoms with Gasteiger partial charge in [-0.2, -0.15) is 5.10 Å². The molecule has 1 aromatic heterocycles. The summed E-state index contributed by atoms with van der Waals surface area (Å²) in [7, 11) is 1.91. The molecule has 5 aromatic rings. The molecule has 11 rings (SSSR count). The van der Waals surface area contributed by atoms with E-state index in [0.717, 1.165) is 107 Å². The lowest BCUT2D eigenvalue weighted by Crippen LogP contribution is -2.51. The first-order valence-electron chi connectivity index (χ1n) is 25.6. The molecule has 4 amide bonds. The predicted octanol–water partition coefficient (Wildman–Crippen LogP) is 8.12. The minimum Gasteiger partial charge on any atom is -0.488 e. The number of hydrogen-bond acceptors (Lipinski definition) is 10. The summed E-state index contributed by atoms with van der Waals surface area (Å²) in [5.74, 6) is -2.40. The maximum Gasteiger partial charge on any atom is 0.329 e. The third-order valence-electron chi connectivity index (χ3n) is 17.4. The number of carbonyl (C=O) groups is 3. The quantitative estimate of drug-likeness (QED) is 0.0854. The molecule has 2 atom stereocenters. The van der Waals surface area contributed by atoms with Gasteiger partial charge in [-0.1, -0.05) is 54.9 Å². The van der Waals surface area contributed by atoms with Crippen molar-refractivity contribution in [3.05, 3.63) is 106 Å². The van der Waals surface area contributed by atoms with Crippen LogP contribution in [0.1, 0.15) is 110 Å². The molecule has 2 unspecified atom stereocenters. The number of nitrogens with one attached hydrogen (secondary N) is 2. The van der Waals surface area contributed by atoms with Gasteiger partial charge in [0, 0.05) is 78.7 Å². The van der Waals surface area contributed by atoms with Gasteiger partial charge < -0.3 is 35.4 Å². The van der Waals surface area contributed by atoms with E-state index in [9.17, 15) is 19.5 Å². The number of aryl methyl sites for hydroxylation is 1. The van der Waals surface area contributed by atoms with Crippen LogP contribution in [-0.2, 0) is 17.4 Å². The lowest BCUT2D eigenvalue weighted by molar-refractivity contribution is -0.120. The summed E-state index contributed by atoms with van der Waals surface area (Å²) in [6.45, 7) is 7.55. The van der Waals surface area contributed by atoms with Gasteiger partial charge in [0.15, 0.2) is 23.0 Å². The average molecular weight is 1010 g/mol. The molecule has 4 aliphatic heterocycles. The molecular weight excluding hydrogens is 942 g/mol. The standard InChI is InChI=1S/C55H63ClF2N8O6/c1-33-45-43(29-40(57)48(56)47(45)46-39(50(59)69)10-11-42(49(46)58)71-27-26-67)72-55(33,36-6-4-3-5-7-36)31-60-54-19-17-53(30-54,18-20-54)32-64-21-14-37(15-22-64)65-23-12-34(13-24-65)35-8-9-38-41(28-35)63(2)62-51(38)66-25-16-44(68)61-52(66)70/h3-11,28-29,33-34,37,60,67H,12-27,30-32H2,1-2H3,(H2,59,69)(H,61,68,70). The molecule has 2 bridgehead atoms. The highest BCUT2D eigenvalue weighted by Gasteiger charge is 2.57. The zero-order chi connectivity index (χ0) is 50.1. The van der Waals surface area contributed by atoms with Crippen LogP contribution in [0.4, 0.5) is 19.4 Å². The van der Waals surface area contributed by atoms with Gasteiger partial charge in [-0.3, -0.25) is 24.5 Å². The monoisotopic (exact) mass is 1000 g/mol. The van der Waals surface area contributed by atoms with Gasteiger partial charge >= 0.3 is 6.03 Å². The number of benzene rings is 4. The van der Waals surface area contributed by atoms with Crippen molar-refractivity contribution >= 4 is 46.2 Å². The van der Waals surface area contributed by atoms with Gasteiger partial charge in [0.2, 0.25) is 11.8 Å². The molecule has 5 N–H and O–H groups in total. The number of nitrogens with two attached hydrogens (primary N) is 1. The van der Waals surface area contributed by atoms with E-state index in [1.807, 2.05) is 49.0 Å². The van der Waals surface area contributed by atoms with Gasteiger partial charge in [-0.05, 0) is 131 Å². The summed E-state index contributed by atoms with van der Waals surface area (Å²) in [5, 5.41) is 21.1. The van der Waals surface area contributed by atoms with Crippen molar-refractivity contribution in [1.82, 2.24) is 30.2 Å². The Balaban J connectivity index is 0.737. The van der Waals surface area contributed by atoms with E-state index in [2.05, 4.69) is 43.7 Å². The largest absolute Gasteiger partial charge is 0.488 e. The summed E-state index contributed by atoms with van der Waals surface area (Å²) in [5.41, 5.74) is 8.06. The number of primary amides is 1. The minimum absolute atomic E-state index is 0.00721. The highest BCUT2D eigenvalue weighted by Crippen LogP contribution is 2.60. The van der Waals surface area contributed by atoms with Crippen LogP contribution >= 0.6 is 11.6 Å². The molecule has 5 heterocycles. The Hall–Kier alpha value is -5.65. The molecule has 0 spiro atoms. The van der Waals surface area contributed by atoms with Crippen LogP contribution in [0.3, 0.4) is 0 Å². The molecule has 0 radical (unpaired) electrons. The number of hydrogen-bond donors (Lipinski definition) is 4. The second-order valence-electron chi connectivity index (χ2n) is 21.4. The summed E-state index contributed by atoms with van der Waals surface area (Å²) in [6.07, 6.45) is 10.2. The van der Waals surface area contributed by atoms with Crippen LogP contribution in [0.15, 0.2) is 66.7 Å². The molecule has 2 aliphatic carbocycles. The summed E-state index contributed by atoms with van der Waals surface area (Å²) < 4.78 is 46.9. The first-order chi connectivity index (χ1) is 34.7. The van der Waals surface area contributed by atoms with Gasteiger partial charge in [-0.15, -0.1) is 0 Å². The van der Waals surface area contributed by atoms with Gasteiger partial charge in [0.1, 0.15) is 18.2 Å². The fraction of sp³-hybridized carbons (Fsp3) is 0.491. The van der Waals surface area contributed by atoms with E-state index in [0.29, 0.717) is 36.4 Å². The fourth-order valence-corrected chi connectivity index (χ4v) is 13.8. The van der Waals surface area contributed by atoms with E-state index >= 15 is 8.78 Å². The third-order valence-corrected chi connectivity index (χ3v) is 17.8. The molecular formula is C55H63ClF2N8O6. The number of urea groups is 1. The first-order valence-corrected chi connectivity index (χ1v) is 26.0. The second kappa shape index (κ2) is 19.0. The van der Waals surface area contributed by atoms with E-state index in [1.165, 1.54) is 23.8 Å². The molecule has 3 saturated heterocycles.